The van der Waals surface area contributed by atoms with Crippen LogP contribution in [0.5, 0.6) is 11.5 Å². The second-order valence-corrected chi connectivity index (χ2v) is 5.07. The Bertz CT molecular complexity index is 610. The molecule has 0 spiro atoms. The first-order chi connectivity index (χ1) is 9.40. The van der Waals surface area contributed by atoms with Gasteiger partial charge >= 0.3 is 0 Å². The maximum Gasteiger partial charge on any atom is 0.231 e. The van der Waals surface area contributed by atoms with Crippen LogP contribution in [0.25, 0.3) is 0 Å². The van der Waals surface area contributed by atoms with Crippen LogP contribution in [0, 0.1) is 0 Å². The quantitative estimate of drug-likeness (QED) is 0.821. The van der Waals surface area contributed by atoms with Gasteiger partial charge in [-0.2, -0.15) is 0 Å². The normalized spacial score (nSPS) is 16.6. The van der Waals surface area contributed by atoms with Gasteiger partial charge in [-0.3, -0.25) is 4.90 Å². The van der Waals surface area contributed by atoms with E-state index in [2.05, 4.69) is 41.3 Å². The fourth-order valence-corrected chi connectivity index (χ4v) is 2.87. The van der Waals surface area contributed by atoms with E-state index in [9.17, 15) is 0 Å². The smallest absolute Gasteiger partial charge is 0.231 e. The number of hydrogen-bond acceptors (Lipinski definition) is 3. The number of ether oxygens (including phenoxy) is 2. The van der Waals surface area contributed by atoms with E-state index in [0.717, 1.165) is 31.1 Å². The molecule has 0 aliphatic carbocycles. The minimum Gasteiger partial charge on any atom is -0.454 e. The van der Waals surface area contributed by atoms with Crippen molar-refractivity contribution < 1.29 is 9.47 Å². The topological polar surface area (TPSA) is 21.7 Å². The van der Waals surface area contributed by atoms with Crippen molar-refractivity contribution in [2.75, 3.05) is 6.79 Å². The molecule has 2 aromatic rings. The zero-order valence-corrected chi connectivity index (χ0v) is 10.6. The van der Waals surface area contributed by atoms with Crippen molar-refractivity contribution >= 4 is 0 Å². The summed E-state index contributed by atoms with van der Waals surface area (Å²) < 4.78 is 11.0. The van der Waals surface area contributed by atoms with Gasteiger partial charge in [-0.1, -0.05) is 36.4 Å². The molecule has 3 nitrogen and oxygen atoms in total. The van der Waals surface area contributed by atoms with E-state index in [0.29, 0.717) is 6.79 Å². The van der Waals surface area contributed by atoms with Crippen LogP contribution in [0.2, 0.25) is 0 Å². The lowest BCUT2D eigenvalue weighted by molar-refractivity contribution is 0.172. The molecular weight excluding hydrogens is 238 g/mol. The largest absolute Gasteiger partial charge is 0.454 e. The molecule has 96 valence electrons. The summed E-state index contributed by atoms with van der Waals surface area (Å²) in [4.78, 5) is 2.43. The third-order valence-corrected chi connectivity index (χ3v) is 3.76. The fourth-order valence-electron chi connectivity index (χ4n) is 2.87. The highest BCUT2D eigenvalue weighted by molar-refractivity contribution is 5.53. The summed E-state index contributed by atoms with van der Waals surface area (Å²) in [6.45, 7) is 3.26. The average Bonchev–Trinajstić information content (AvgIpc) is 3.04. The molecular formula is C16H15NO2. The van der Waals surface area contributed by atoms with Gasteiger partial charge in [0.25, 0.3) is 0 Å². The van der Waals surface area contributed by atoms with Crippen LogP contribution >= 0.6 is 0 Å². The third kappa shape index (κ3) is 1.87. The van der Waals surface area contributed by atoms with Gasteiger partial charge in [0.15, 0.2) is 11.5 Å². The van der Waals surface area contributed by atoms with Crippen molar-refractivity contribution in [2.45, 2.75) is 19.6 Å². The third-order valence-electron chi connectivity index (χ3n) is 3.76. The monoisotopic (exact) mass is 253 g/mol. The van der Waals surface area contributed by atoms with Crippen molar-refractivity contribution in [3.8, 4) is 11.5 Å². The van der Waals surface area contributed by atoms with E-state index in [1.165, 1.54) is 16.7 Å². The summed E-state index contributed by atoms with van der Waals surface area (Å²) in [5, 5.41) is 0. The van der Waals surface area contributed by atoms with Crippen LogP contribution < -0.4 is 9.47 Å². The van der Waals surface area contributed by atoms with Crippen LogP contribution in [-0.4, -0.2) is 11.7 Å². The van der Waals surface area contributed by atoms with E-state index < -0.39 is 0 Å². The summed E-state index contributed by atoms with van der Waals surface area (Å²) in [6, 6.07) is 14.8. The maximum absolute atomic E-state index is 5.59. The molecule has 2 aliphatic heterocycles. The molecule has 0 bridgehead atoms. The molecule has 19 heavy (non-hydrogen) atoms. The highest BCUT2D eigenvalue weighted by Crippen LogP contribution is 2.41. The predicted molar refractivity (Wildman–Crippen MR) is 72.0 cm³/mol. The van der Waals surface area contributed by atoms with E-state index >= 15 is 0 Å². The van der Waals surface area contributed by atoms with Gasteiger partial charge in [0.1, 0.15) is 0 Å². The summed E-state index contributed by atoms with van der Waals surface area (Å²) in [5.74, 6) is 1.84. The zero-order chi connectivity index (χ0) is 12.7. The lowest BCUT2D eigenvalue weighted by Gasteiger charge is -2.14. The van der Waals surface area contributed by atoms with E-state index in [1.807, 2.05) is 6.07 Å². The number of hydrogen-bond donors (Lipinski definition) is 0. The maximum atomic E-state index is 5.59. The van der Waals surface area contributed by atoms with Crippen LogP contribution in [0.1, 0.15) is 16.7 Å². The molecule has 2 heterocycles. The summed E-state index contributed by atoms with van der Waals surface area (Å²) in [7, 11) is 0. The first kappa shape index (κ1) is 10.9. The van der Waals surface area contributed by atoms with Crippen molar-refractivity contribution in [1.29, 1.82) is 0 Å². The van der Waals surface area contributed by atoms with E-state index in [-0.39, 0.29) is 0 Å². The van der Waals surface area contributed by atoms with Gasteiger partial charge in [-0.05, 0) is 17.2 Å². The minimum absolute atomic E-state index is 0.352. The lowest BCUT2D eigenvalue weighted by atomic mass is 10.1. The SMILES string of the molecule is c1ccc(CN2Cc3ccc4c(c3C2)OCO4)cc1. The molecule has 0 aromatic heterocycles. The Hall–Kier alpha value is -2.00. The first-order valence-corrected chi connectivity index (χ1v) is 6.57. The van der Waals surface area contributed by atoms with Crippen LogP contribution in [0.15, 0.2) is 42.5 Å². The molecule has 0 fully saturated rings. The molecule has 3 heteroatoms. The Labute approximate surface area is 112 Å². The second-order valence-electron chi connectivity index (χ2n) is 5.07. The van der Waals surface area contributed by atoms with Gasteiger partial charge in [-0.25, -0.2) is 0 Å². The molecule has 0 amide bonds. The Morgan fingerprint density at radius 1 is 0.947 bits per heavy atom. The number of rotatable bonds is 2. The second kappa shape index (κ2) is 4.28. The van der Waals surface area contributed by atoms with E-state index in [1.54, 1.807) is 0 Å². The average molecular weight is 253 g/mol. The summed E-state index contributed by atoms with van der Waals surface area (Å²) in [5.41, 5.74) is 4.01. The number of nitrogens with zero attached hydrogens (tertiary/aromatic N) is 1. The molecule has 0 saturated heterocycles. The minimum atomic E-state index is 0.352. The standard InChI is InChI=1S/C16H15NO2/c1-2-4-12(5-3-1)8-17-9-13-6-7-15-16(14(13)10-17)19-11-18-15/h1-7H,8-11H2. The first-order valence-electron chi connectivity index (χ1n) is 6.57. The summed E-state index contributed by atoms with van der Waals surface area (Å²) in [6.07, 6.45) is 0. The van der Waals surface area contributed by atoms with Gasteiger partial charge < -0.3 is 9.47 Å². The van der Waals surface area contributed by atoms with Gasteiger partial charge in [-0.15, -0.1) is 0 Å². The zero-order valence-electron chi connectivity index (χ0n) is 10.6. The van der Waals surface area contributed by atoms with Crippen molar-refractivity contribution in [1.82, 2.24) is 4.90 Å². The highest BCUT2D eigenvalue weighted by atomic mass is 16.7. The van der Waals surface area contributed by atoms with E-state index in [4.69, 9.17) is 9.47 Å². The van der Waals surface area contributed by atoms with Crippen LogP contribution in [-0.2, 0) is 19.6 Å². The molecule has 0 radical (unpaired) electrons. The Morgan fingerprint density at radius 3 is 2.74 bits per heavy atom. The predicted octanol–water partition coefficient (Wildman–Crippen LogP) is 2.93. The molecule has 2 aliphatic rings. The highest BCUT2D eigenvalue weighted by Gasteiger charge is 2.27. The van der Waals surface area contributed by atoms with Crippen molar-refractivity contribution in [2.24, 2.45) is 0 Å². The number of fused-ring (bicyclic) bond motifs is 3. The number of benzene rings is 2. The lowest BCUT2D eigenvalue weighted by Crippen LogP contribution is -2.15. The molecule has 0 saturated carbocycles. The molecule has 0 unspecified atom stereocenters. The van der Waals surface area contributed by atoms with Gasteiger partial charge in [0.2, 0.25) is 6.79 Å². The Balaban J connectivity index is 1.58. The molecule has 0 N–H and O–H groups in total. The molecule has 2 aromatic carbocycles. The fraction of sp³-hybridized carbons (Fsp3) is 0.250. The summed E-state index contributed by atoms with van der Waals surface area (Å²) >= 11 is 0. The molecule has 0 atom stereocenters. The van der Waals surface area contributed by atoms with Gasteiger partial charge in [0.05, 0.1) is 0 Å². The van der Waals surface area contributed by atoms with Crippen LogP contribution in [0.4, 0.5) is 0 Å². The van der Waals surface area contributed by atoms with Crippen LogP contribution in [0.3, 0.4) is 0 Å². The Morgan fingerprint density at radius 2 is 1.84 bits per heavy atom. The van der Waals surface area contributed by atoms with Gasteiger partial charge in [0, 0.05) is 25.2 Å². The Kier molecular flexibility index (Phi) is 2.45. The van der Waals surface area contributed by atoms with Crippen molar-refractivity contribution in [3.63, 3.8) is 0 Å². The molecule has 4 rings (SSSR count). The van der Waals surface area contributed by atoms with Crippen molar-refractivity contribution in [3.05, 3.63) is 59.2 Å².